The van der Waals surface area contributed by atoms with Crippen molar-refractivity contribution in [1.82, 2.24) is 14.1 Å². The van der Waals surface area contributed by atoms with Gasteiger partial charge in [-0.1, -0.05) is 247 Å². The number of benzene rings is 10. The van der Waals surface area contributed by atoms with Gasteiger partial charge in [-0.05, 0) is 189 Å². The first kappa shape index (κ1) is 29.8. The Balaban J connectivity index is 0.0000162. The van der Waals surface area contributed by atoms with Gasteiger partial charge in [-0.15, -0.1) is 29.7 Å². The molecule has 0 radical (unpaired) electrons. The minimum atomic E-state index is -5.01. The van der Waals surface area contributed by atoms with Crippen molar-refractivity contribution in [3.05, 3.63) is 269 Å². The molecule has 96 heavy (non-hydrogen) atoms. The maximum absolute atomic E-state index is 10.9. The summed E-state index contributed by atoms with van der Waals surface area (Å²) in [6.45, 7) is -26.9. The van der Waals surface area contributed by atoms with Crippen LogP contribution in [0.25, 0.3) is 106 Å². The number of hydrogen-bond donors (Lipinski definition) is 0. The molecule has 484 valence electrons. The van der Waals surface area contributed by atoms with E-state index in [2.05, 4.69) is 23.4 Å². The molecule has 0 spiro atoms. The molecule has 0 N–H and O–H groups in total. The van der Waals surface area contributed by atoms with E-state index in [9.17, 15) is 32.9 Å². The van der Waals surface area contributed by atoms with E-state index < -0.39 is 282 Å². The van der Waals surface area contributed by atoms with Crippen molar-refractivity contribution in [2.24, 2.45) is 0 Å². The molecule has 0 aliphatic heterocycles. The van der Waals surface area contributed by atoms with E-state index in [1.54, 1.807) is 36.4 Å². The van der Waals surface area contributed by atoms with E-state index in [4.69, 9.17) is 36.3 Å². The Morgan fingerprint density at radius 1 is 0.521 bits per heavy atom. The van der Waals surface area contributed by atoms with Crippen molar-refractivity contribution < 1.29 is 94.8 Å². The molecule has 13 aromatic rings. The molecule has 0 atom stereocenters. The summed E-state index contributed by atoms with van der Waals surface area (Å²) in [5.41, 5.74) is -33.0. The third-order valence-corrected chi connectivity index (χ3v) is 17.2. The van der Waals surface area contributed by atoms with Crippen LogP contribution >= 0.6 is 0 Å². The molecule has 5 nitrogen and oxygen atoms in total. The molecule has 6 heteroatoms. The standard InChI is InChI=1S/C90H86N4O.Pt/c1-57-43-83(91-54-74(57)59-27-20-17-21-28-59)94-79-32-23-22-31-70(79)71-37-36-69(53-81(71)94)95-68-30-24-29-67(52-68)92-56-93(80-40-35-60(50-82(80)92)63-44-65(85(2,3)4)51-66(45-63)86(5,6)7)84-72(61-33-38-75-77(48-61)88(10,11)42-41-87(75,8)9)46-64(58-25-18-16-19-26-58)47-73(84)62-34-39-76-78(49-62)90(14,15)55-89(76,12)13;/h16-40,43-51,54H,41-42,55H2,1-15H3;/q-2;/i1D3,8D3,9D3,10D3,11D3,12D3,13D3,14D3,15D3,16D,17D,18D,19D,20D,21D,25D,26D,27D,28D,33D,34D,38D,39D,41D2,42D2,48D,49D;. The molecule has 10 aromatic carbocycles. The molecule has 0 saturated heterocycles. The van der Waals surface area contributed by atoms with Gasteiger partial charge in [0.05, 0.1) is 38.7 Å². The zero-order chi connectivity index (χ0) is 106. The molecule has 3 heterocycles. The summed E-state index contributed by atoms with van der Waals surface area (Å²) in [6.07, 6.45) is -7.73. The van der Waals surface area contributed by atoms with Crippen LogP contribution in [0.5, 0.6) is 11.5 Å². The monoisotopic (exact) mass is 1480 g/mol. The zero-order valence-corrected chi connectivity index (χ0v) is 54.5. The zero-order valence-electron chi connectivity index (χ0n) is 99.2. The first-order chi connectivity index (χ1) is 64.6. The second kappa shape index (κ2) is 23.4. The van der Waals surface area contributed by atoms with Gasteiger partial charge < -0.3 is 13.9 Å². The predicted octanol–water partition coefficient (Wildman–Crippen LogP) is 23.1. The molecule has 0 saturated carbocycles. The first-order valence-corrected chi connectivity index (χ1v) is 30.1. The summed E-state index contributed by atoms with van der Waals surface area (Å²) >= 11 is 0. The number of para-hydroxylation sites is 1. The van der Waals surface area contributed by atoms with Gasteiger partial charge in [0.1, 0.15) is 5.82 Å². The van der Waals surface area contributed by atoms with Crippen molar-refractivity contribution in [1.29, 1.82) is 0 Å². The largest absolute Gasteiger partial charge is 0.510 e. The maximum Gasteiger partial charge on any atom is 0.268 e. The average Bonchev–Trinajstić information content (AvgIpc) is 1.38. The van der Waals surface area contributed by atoms with Crippen LogP contribution in [0.2, 0.25) is 0 Å². The quantitative estimate of drug-likeness (QED) is 0.101. The topological polar surface area (TPSA) is 35.9 Å². The third kappa shape index (κ3) is 11.4. The molecule has 0 fully saturated rings. The van der Waals surface area contributed by atoms with Crippen molar-refractivity contribution in [3.8, 4) is 84.3 Å². The van der Waals surface area contributed by atoms with Crippen LogP contribution in [0.4, 0.5) is 0 Å². The normalized spacial score (nSPS) is 24.7. The van der Waals surface area contributed by atoms with Gasteiger partial charge in [0.2, 0.25) is 0 Å². The maximum atomic E-state index is 10.9. The number of imidazole rings is 1. The van der Waals surface area contributed by atoms with Gasteiger partial charge in [0, 0.05) is 92.3 Å². The molecular formula is C90H86N4OPt-2. The second-order valence-electron chi connectivity index (χ2n) is 26.0. The Bertz CT molecular complexity index is 7360. The van der Waals surface area contributed by atoms with Crippen LogP contribution in [-0.2, 0) is 53.6 Å². The molecule has 2 aliphatic rings. The minimum Gasteiger partial charge on any atom is -0.510 e. The fraction of sp³-hybridized carbons (Fsp3) is 0.267. The fourth-order valence-electron chi connectivity index (χ4n) is 12.3. The fourth-order valence-corrected chi connectivity index (χ4v) is 12.3. The number of aryl methyl sites for hydroxylation is 1. The van der Waals surface area contributed by atoms with Gasteiger partial charge in [-0.2, -0.15) is 18.2 Å². The van der Waals surface area contributed by atoms with E-state index in [-0.39, 0.29) is 66.2 Å². The number of pyridine rings is 1. The van der Waals surface area contributed by atoms with Crippen LogP contribution in [0.3, 0.4) is 0 Å². The molecular weight excluding hydrogens is 1350 g/mol. The Hall–Kier alpha value is -8.89. The van der Waals surface area contributed by atoms with Crippen LogP contribution in [0.15, 0.2) is 212 Å². The second-order valence-corrected chi connectivity index (χ2v) is 26.0. The Morgan fingerprint density at radius 3 is 1.78 bits per heavy atom. The number of fused-ring (bicyclic) bond motifs is 6. The van der Waals surface area contributed by atoms with Gasteiger partial charge in [0.15, 0.2) is 0 Å². The van der Waals surface area contributed by atoms with Crippen molar-refractivity contribution in [2.45, 2.75) is 155 Å². The predicted molar refractivity (Wildman–Crippen MR) is 395 cm³/mol. The van der Waals surface area contributed by atoms with Gasteiger partial charge >= 0.3 is 0 Å². The molecule has 0 amide bonds. The van der Waals surface area contributed by atoms with Gasteiger partial charge in [0.25, 0.3) is 6.33 Å². The van der Waals surface area contributed by atoms with E-state index in [0.717, 1.165) is 28.0 Å². The smallest absolute Gasteiger partial charge is 0.268 e. The van der Waals surface area contributed by atoms with E-state index in [1.807, 2.05) is 59.7 Å². The molecule has 3 aromatic heterocycles. The summed E-state index contributed by atoms with van der Waals surface area (Å²) in [5, 5.41) is 1.02. The van der Waals surface area contributed by atoms with E-state index in [1.165, 1.54) is 51.6 Å². The van der Waals surface area contributed by atoms with Crippen LogP contribution in [0, 0.1) is 25.3 Å². The summed E-state index contributed by atoms with van der Waals surface area (Å²) in [4.78, 5) is 4.66. The summed E-state index contributed by atoms with van der Waals surface area (Å²) in [5.74, 6) is -0.417. The number of hydrogen-bond acceptors (Lipinski definition) is 2. The van der Waals surface area contributed by atoms with E-state index >= 15 is 0 Å². The first-order valence-electron chi connectivity index (χ1n) is 53.6. The number of nitrogens with zero attached hydrogens (tertiary/aromatic N) is 4. The minimum absolute atomic E-state index is 0. The van der Waals surface area contributed by atoms with Crippen LogP contribution < -0.4 is 9.30 Å². The van der Waals surface area contributed by atoms with Gasteiger partial charge in [-0.25, -0.2) is 4.98 Å². The number of rotatable bonds is 10. The number of ether oxygens (including phenoxy) is 1. The Kier molecular flexibility index (Phi) is 7.29. The van der Waals surface area contributed by atoms with Crippen molar-refractivity contribution in [3.63, 3.8) is 0 Å². The van der Waals surface area contributed by atoms with Crippen LogP contribution in [0.1, 0.15) is 219 Å². The Morgan fingerprint density at radius 2 is 1.12 bits per heavy atom. The molecule has 0 unspecified atom stereocenters. The molecule has 0 bridgehead atoms. The number of aromatic nitrogens is 4. The molecule has 2 aliphatic carbocycles. The van der Waals surface area contributed by atoms with Crippen LogP contribution in [-0.4, -0.2) is 14.1 Å². The van der Waals surface area contributed by atoms with Crippen molar-refractivity contribution in [2.75, 3.05) is 0 Å². The summed E-state index contributed by atoms with van der Waals surface area (Å²) in [6, 6.07) is 13.2. The average molecular weight is 1480 g/mol. The molecule has 15 rings (SSSR count). The summed E-state index contributed by atoms with van der Waals surface area (Å²) < 4.78 is 450. The van der Waals surface area contributed by atoms with E-state index in [0.29, 0.717) is 33.5 Å². The Labute approximate surface area is 649 Å². The van der Waals surface area contributed by atoms with Crippen molar-refractivity contribution >= 4 is 32.8 Å². The third-order valence-electron chi connectivity index (χ3n) is 17.2. The SMILES string of the molecule is [2H]c1c([2H])c([2H])c(-c2cc(-c3c([2H])c([2H])c4c(c3[2H])C(C([2H])([2H])[2H])(C([2H])([2H])[2H])CC4(C([2H])([2H])[2H])C([2H])([2H])[2H])c(-[n+]3[c-]n(-c4[c-]c(Oc5[c-]c6c(cc5)c5ccccc5n6-c5cc(C([2H])([2H])[2H])c(-c6c([2H])c([2H])c([2H])c([2H])c6[2H])cn5)ccc4)c4cc(-c5cc(C(C)(C)C)cc(C(C)(C)C)c5)ccc43)c(-c3c([2H])c([2H])c4c(c3[2H])C(C([2H])([2H])[2H])(C([2H])([2H])[2H])C([2H])([2H])C([2H])([2H])C4(C([2H])([2H])[2H])C([2H])([2H])[2H])c2)c([2H])c1[2H].[Pt]. The van der Waals surface area contributed by atoms with Gasteiger partial charge in [-0.3, -0.25) is 4.57 Å². The summed E-state index contributed by atoms with van der Waals surface area (Å²) in [7, 11) is 0.